The van der Waals surface area contributed by atoms with E-state index in [0.717, 1.165) is 28.9 Å². The maximum Gasteiger partial charge on any atom is 0.260 e. The summed E-state index contributed by atoms with van der Waals surface area (Å²) in [5.41, 5.74) is 3.37. The largest absolute Gasteiger partial charge is 0.492 e. The molecule has 0 spiro atoms. The lowest BCUT2D eigenvalue weighted by atomic mass is 10.0. The standard InChI is InChI=1S/C31H36N4O4S2.ClH/c1-4-33(5-2)20-21-35(31-32-29-27(39-6-3)12-9-13-28(29)40-31)30(36)24-14-16-26(17-15-24)41(37,38)34-19-18-23-10-7-8-11-25(23)22-34;/h7-17H,4-6,18-22H2,1-3H3;1H. The van der Waals surface area contributed by atoms with Gasteiger partial charge in [-0.1, -0.05) is 55.5 Å². The summed E-state index contributed by atoms with van der Waals surface area (Å²) in [7, 11) is -3.70. The predicted molar refractivity (Wildman–Crippen MR) is 172 cm³/mol. The van der Waals surface area contributed by atoms with Crippen LogP contribution in [0.25, 0.3) is 10.2 Å². The highest BCUT2D eigenvalue weighted by Gasteiger charge is 2.29. The lowest BCUT2D eigenvalue weighted by Crippen LogP contribution is -2.39. The summed E-state index contributed by atoms with van der Waals surface area (Å²) in [6.45, 7) is 10.3. The molecule has 1 aliphatic heterocycles. The molecule has 1 aliphatic rings. The number of amides is 1. The monoisotopic (exact) mass is 628 g/mol. The zero-order valence-electron chi connectivity index (χ0n) is 24.2. The molecule has 0 radical (unpaired) electrons. The number of thiazole rings is 1. The zero-order chi connectivity index (χ0) is 29.0. The van der Waals surface area contributed by atoms with E-state index >= 15 is 0 Å². The molecular formula is C31H37ClN4O4S2. The van der Waals surface area contributed by atoms with Crippen LogP contribution < -0.4 is 9.64 Å². The molecule has 224 valence electrons. The summed E-state index contributed by atoms with van der Waals surface area (Å²) in [6, 6.07) is 20.0. The second kappa shape index (κ2) is 14.0. The molecule has 4 aromatic rings. The van der Waals surface area contributed by atoms with E-state index in [4.69, 9.17) is 9.72 Å². The molecule has 0 bridgehead atoms. The van der Waals surface area contributed by atoms with Gasteiger partial charge < -0.3 is 9.64 Å². The van der Waals surface area contributed by atoms with Gasteiger partial charge in [0.15, 0.2) is 5.13 Å². The van der Waals surface area contributed by atoms with Crippen molar-refractivity contribution in [2.75, 3.05) is 44.2 Å². The van der Waals surface area contributed by atoms with Crippen molar-refractivity contribution in [2.24, 2.45) is 0 Å². The van der Waals surface area contributed by atoms with Crippen molar-refractivity contribution in [1.82, 2.24) is 14.2 Å². The van der Waals surface area contributed by atoms with Crippen molar-refractivity contribution < 1.29 is 17.9 Å². The van der Waals surface area contributed by atoms with Crippen molar-refractivity contribution in [3.05, 3.63) is 83.4 Å². The molecule has 0 atom stereocenters. The first-order valence-electron chi connectivity index (χ1n) is 14.1. The van der Waals surface area contributed by atoms with Gasteiger partial charge in [-0.2, -0.15) is 4.31 Å². The highest BCUT2D eigenvalue weighted by molar-refractivity contribution is 7.89. The van der Waals surface area contributed by atoms with Crippen LogP contribution in [0.1, 0.15) is 42.3 Å². The maximum atomic E-state index is 13.9. The van der Waals surface area contributed by atoms with E-state index in [1.807, 2.05) is 43.3 Å². The maximum absolute atomic E-state index is 13.9. The van der Waals surface area contributed by atoms with E-state index in [1.54, 1.807) is 17.0 Å². The Morgan fingerprint density at radius 1 is 0.952 bits per heavy atom. The van der Waals surface area contributed by atoms with Crippen LogP contribution in [0.3, 0.4) is 0 Å². The normalized spacial score (nSPS) is 13.5. The highest BCUT2D eigenvalue weighted by atomic mass is 35.5. The third kappa shape index (κ3) is 6.63. The second-order valence-corrected chi connectivity index (χ2v) is 12.8. The number of carbonyl (C=O) groups excluding carboxylic acids is 1. The van der Waals surface area contributed by atoms with Crippen LogP contribution in [0.2, 0.25) is 0 Å². The quantitative estimate of drug-likeness (QED) is 0.207. The first kappa shape index (κ1) is 31.9. The fraction of sp³-hybridized carbons (Fsp3) is 0.355. The Hall–Kier alpha value is -3.02. The number of likely N-dealkylation sites (N-methyl/N-ethyl adjacent to an activating group) is 1. The number of hydrogen-bond donors (Lipinski definition) is 0. The molecular weight excluding hydrogens is 592 g/mol. The van der Waals surface area contributed by atoms with Crippen LogP contribution in [0.5, 0.6) is 5.75 Å². The Balaban J connectivity index is 0.00000405. The molecule has 8 nitrogen and oxygen atoms in total. The summed E-state index contributed by atoms with van der Waals surface area (Å²) >= 11 is 1.45. The number of ether oxygens (including phenoxy) is 1. The molecule has 0 fully saturated rings. The molecule has 5 rings (SSSR count). The van der Waals surface area contributed by atoms with Crippen molar-refractivity contribution in [2.45, 2.75) is 38.6 Å². The third-order valence-corrected chi connectivity index (χ3v) is 10.4. The number of sulfonamides is 1. The summed E-state index contributed by atoms with van der Waals surface area (Å²) in [6.07, 6.45) is 0.681. The molecule has 1 amide bonds. The Morgan fingerprint density at radius 2 is 1.67 bits per heavy atom. The third-order valence-electron chi connectivity index (χ3n) is 7.52. The van der Waals surface area contributed by atoms with Gasteiger partial charge >= 0.3 is 0 Å². The van der Waals surface area contributed by atoms with Crippen molar-refractivity contribution in [3.63, 3.8) is 0 Å². The number of fused-ring (bicyclic) bond motifs is 2. The van der Waals surface area contributed by atoms with E-state index in [9.17, 15) is 13.2 Å². The molecule has 0 N–H and O–H groups in total. The highest BCUT2D eigenvalue weighted by Crippen LogP contribution is 2.35. The number of benzene rings is 3. The summed E-state index contributed by atoms with van der Waals surface area (Å²) in [5, 5.41) is 0.591. The number of nitrogens with zero attached hydrogens (tertiary/aromatic N) is 4. The summed E-state index contributed by atoms with van der Waals surface area (Å²) < 4.78 is 35.2. The van der Waals surface area contributed by atoms with Gasteiger partial charge in [-0.25, -0.2) is 13.4 Å². The van der Waals surface area contributed by atoms with Gasteiger partial charge in [-0.3, -0.25) is 9.69 Å². The van der Waals surface area contributed by atoms with Crippen LogP contribution in [0.4, 0.5) is 5.13 Å². The number of rotatable bonds is 11. The predicted octanol–water partition coefficient (Wildman–Crippen LogP) is 5.85. The number of hydrogen-bond acceptors (Lipinski definition) is 7. The fourth-order valence-electron chi connectivity index (χ4n) is 5.11. The number of carbonyl (C=O) groups is 1. The fourth-order valence-corrected chi connectivity index (χ4v) is 7.54. The van der Waals surface area contributed by atoms with E-state index < -0.39 is 10.0 Å². The first-order chi connectivity index (χ1) is 19.8. The van der Waals surface area contributed by atoms with E-state index in [-0.39, 0.29) is 23.2 Å². The Morgan fingerprint density at radius 3 is 2.36 bits per heavy atom. The molecule has 1 aromatic heterocycles. The van der Waals surface area contributed by atoms with Crippen LogP contribution in [-0.4, -0.2) is 67.8 Å². The van der Waals surface area contributed by atoms with Gasteiger partial charge in [0.1, 0.15) is 11.3 Å². The van der Waals surface area contributed by atoms with Crippen LogP contribution in [0.15, 0.2) is 71.6 Å². The minimum Gasteiger partial charge on any atom is -0.492 e. The lowest BCUT2D eigenvalue weighted by Gasteiger charge is -2.28. The van der Waals surface area contributed by atoms with Crippen LogP contribution in [0, 0.1) is 0 Å². The molecule has 3 aromatic carbocycles. The lowest BCUT2D eigenvalue weighted by molar-refractivity contribution is 0.0983. The van der Waals surface area contributed by atoms with E-state index in [1.165, 1.54) is 33.3 Å². The zero-order valence-corrected chi connectivity index (χ0v) is 26.6. The average Bonchev–Trinajstić information content (AvgIpc) is 3.44. The number of aromatic nitrogens is 1. The number of anilines is 1. The second-order valence-electron chi connectivity index (χ2n) is 9.90. The SMILES string of the molecule is CCOc1cccc2sc(N(CCN(CC)CC)C(=O)c3ccc(S(=O)(=O)N4CCc5ccccc5C4)cc3)nc12.Cl. The Kier molecular flexibility index (Phi) is 10.6. The average molecular weight is 629 g/mol. The van der Waals surface area contributed by atoms with Crippen molar-refractivity contribution >= 4 is 55.0 Å². The van der Waals surface area contributed by atoms with Gasteiger partial charge in [-0.15, -0.1) is 12.4 Å². The van der Waals surface area contributed by atoms with Gasteiger partial charge in [-0.05, 0) is 74.0 Å². The van der Waals surface area contributed by atoms with Crippen molar-refractivity contribution in [1.29, 1.82) is 0 Å². The summed E-state index contributed by atoms with van der Waals surface area (Å²) in [5.74, 6) is 0.476. The topological polar surface area (TPSA) is 83.0 Å². The molecule has 0 aliphatic carbocycles. The van der Waals surface area contributed by atoms with Gasteiger partial charge in [0, 0.05) is 31.7 Å². The van der Waals surface area contributed by atoms with Gasteiger partial charge in [0.25, 0.3) is 5.91 Å². The molecule has 0 unspecified atom stereocenters. The number of para-hydroxylation sites is 1. The van der Waals surface area contributed by atoms with Gasteiger partial charge in [0.2, 0.25) is 10.0 Å². The molecule has 0 saturated carbocycles. The van der Waals surface area contributed by atoms with Crippen molar-refractivity contribution in [3.8, 4) is 5.75 Å². The minimum atomic E-state index is -3.70. The number of halogens is 1. The Bertz CT molecular complexity index is 1620. The molecule has 42 heavy (non-hydrogen) atoms. The smallest absolute Gasteiger partial charge is 0.260 e. The van der Waals surface area contributed by atoms with E-state index in [2.05, 4.69) is 24.8 Å². The van der Waals surface area contributed by atoms with E-state index in [0.29, 0.717) is 55.7 Å². The summed E-state index contributed by atoms with van der Waals surface area (Å²) in [4.78, 5) is 22.9. The van der Waals surface area contributed by atoms with Crippen LogP contribution in [-0.2, 0) is 23.0 Å². The molecule has 0 saturated heterocycles. The van der Waals surface area contributed by atoms with Gasteiger partial charge in [0.05, 0.1) is 16.2 Å². The Labute approximate surface area is 258 Å². The molecule has 2 heterocycles. The van der Waals surface area contributed by atoms with Crippen LogP contribution >= 0.6 is 23.7 Å². The molecule has 11 heteroatoms. The first-order valence-corrected chi connectivity index (χ1v) is 16.3. The minimum absolute atomic E-state index is 0.